The molecule has 0 N–H and O–H groups in total. The fraction of sp³-hybridized carbons (Fsp3) is 0.125. The fourth-order valence-electron chi connectivity index (χ4n) is 2.26. The van der Waals surface area contributed by atoms with Gasteiger partial charge in [-0.05, 0) is 36.4 Å². The van der Waals surface area contributed by atoms with Crippen molar-refractivity contribution < 1.29 is 18.8 Å². The SMILES string of the molecule is COc1ccc(-c2cc3cc(OC)cc([N+](=O)[O-])c3o2)cc1. The molecule has 0 aliphatic rings. The number of non-ortho nitro benzene ring substituents is 1. The third-order valence-corrected chi connectivity index (χ3v) is 3.38. The van der Waals surface area contributed by atoms with Crippen LogP contribution in [0.3, 0.4) is 0 Å². The molecule has 1 heterocycles. The van der Waals surface area contributed by atoms with Gasteiger partial charge in [-0.25, -0.2) is 0 Å². The zero-order valence-corrected chi connectivity index (χ0v) is 12.0. The molecule has 0 unspecified atom stereocenters. The maximum absolute atomic E-state index is 11.2. The van der Waals surface area contributed by atoms with Gasteiger partial charge in [-0.1, -0.05) is 0 Å². The topological polar surface area (TPSA) is 74.7 Å². The molecule has 22 heavy (non-hydrogen) atoms. The molecule has 6 nitrogen and oxygen atoms in total. The Hall–Kier alpha value is -3.02. The average molecular weight is 299 g/mol. The van der Waals surface area contributed by atoms with Crippen LogP contribution in [-0.2, 0) is 0 Å². The molecule has 0 spiro atoms. The number of furan rings is 1. The molecule has 2 aromatic carbocycles. The van der Waals surface area contributed by atoms with Gasteiger partial charge < -0.3 is 13.9 Å². The summed E-state index contributed by atoms with van der Waals surface area (Å²) in [6.07, 6.45) is 0. The van der Waals surface area contributed by atoms with Crippen molar-refractivity contribution in [3.05, 3.63) is 52.6 Å². The fourth-order valence-corrected chi connectivity index (χ4v) is 2.26. The number of rotatable bonds is 4. The van der Waals surface area contributed by atoms with E-state index in [9.17, 15) is 10.1 Å². The molecule has 0 aliphatic heterocycles. The summed E-state index contributed by atoms with van der Waals surface area (Å²) in [5.74, 6) is 1.70. The van der Waals surface area contributed by atoms with Gasteiger partial charge in [-0.2, -0.15) is 0 Å². The number of benzene rings is 2. The Morgan fingerprint density at radius 1 is 1.00 bits per heavy atom. The van der Waals surface area contributed by atoms with Crippen molar-refractivity contribution >= 4 is 16.7 Å². The Balaban J connectivity index is 2.15. The van der Waals surface area contributed by atoms with Gasteiger partial charge in [0.15, 0.2) is 0 Å². The van der Waals surface area contributed by atoms with Crippen LogP contribution in [0.15, 0.2) is 46.9 Å². The van der Waals surface area contributed by atoms with Gasteiger partial charge in [0.1, 0.15) is 17.3 Å². The van der Waals surface area contributed by atoms with E-state index in [1.807, 2.05) is 12.1 Å². The Morgan fingerprint density at radius 2 is 1.68 bits per heavy atom. The van der Waals surface area contributed by atoms with E-state index in [2.05, 4.69) is 0 Å². The lowest BCUT2D eigenvalue weighted by Crippen LogP contribution is -1.90. The van der Waals surface area contributed by atoms with Crippen molar-refractivity contribution in [2.24, 2.45) is 0 Å². The van der Waals surface area contributed by atoms with Crippen LogP contribution in [0.4, 0.5) is 5.69 Å². The largest absolute Gasteiger partial charge is 0.497 e. The van der Waals surface area contributed by atoms with Crippen LogP contribution in [-0.4, -0.2) is 19.1 Å². The van der Waals surface area contributed by atoms with Gasteiger partial charge in [0.25, 0.3) is 0 Å². The van der Waals surface area contributed by atoms with Gasteiger partial charge >= 0.3 is 5.69 Å². The van der Waals surface area contributed by atoms with Crippen LogP contribution in [0.1, 0.15) is 0 Å². The number of fused-ring (bicyclic) bond motifs is 1. The highest BCUT2D eigenvalue weighted by Crippen LogP contribution is 2.36. The molecular weight excluding hydrogens is 286 g/mol. The second-order valence-electron chi connectivity index (χ2n) is 4.66. The smallest absolute Gasteiger partial charge is 0.315 e. The highest BCUT2D eigenvalue weighted by Gasteiger charge is 2.19. The summed E-state index contributed by atoms with van der Waals surface area (Å²) in [6, 6.07) is 12.1. The second-order valence-corrected chi connectivity index (χ2v) is 4.66. The minimum Gasteiger partial charge on any atom is -0.497 e. The molecule has 112 valence electrons. The minimum atomic E-state index is -0.480. The Morgan fingerprint density at radius 3 is 2.27 bits per heavy atom. The number of ether oxygens (including phenoxy) is 2. The van der Waals surface area contributed by atoms with Crippen molar-refractivity contribution in [3.63, 3.8) is 0 Å². The van der Waals surface area contributed by atoms with Crippen molar-refractivity contribution in [1.82, 2.24) is 0 Å². The number of methoxy groups -OCH3 is 2. The molecule has 0 atom stereocenters. The summed E-state index contributed by atoms with van der Waals surface area (Å²) in [7, 11) is 3.06. The van der Waals surface area contributed by atoms with E-state index in [0.717, 1.165) is 11.3 Å². The summed E-state index contributed by atoms with van der Waals surface area (Å²) < 4.78 is 15.9. The van der Waals surface area contributed by atoms with Crippen LogP contribution in [0.5, 0.6) is 11.5 Å². The molecule has 0 bridgehead atoms. The molecule has 0 saturated heterocycles. The number of nitro benzene ring substituents is 1. The van der Waals surface area contributed by atoms with E-state index in [1.165, 1.54) is 13.2 Å². The summed E-state index contributed by atoms with van der Waals surface area (Å²) in [5, 5.41) is 11.8. The highest BCUT2D eigenvalue weighted by molar-refractivity contribution is 5.91. The van der Waals surface area contributed by atoms with E-state index in [-0.39, 0.29) is 11.3 Å². The van der Waals surface area contributed by atoms with E-state index >= 15 is 0 Å². The van der Waals surface area contributed by atoms with Gasteiger partial charge in [-0.3, -0.25) is 10.1 Å². The Kier molecular flexibility index (Phi) is 3.42. The molecule has 0 radical (unpaired) electrons. The standard InChI is InChI=1S/C16H13NO5/c1-20-12-5-3-10(4-6-12)15-8-11-7-13(21-2)9-14(17(18)19)16(11)22-15/h3-9H,1-2H3. The summed E-state index contributed by atoms with van der Waals surface area (Å²) in [4.78, 5) is 10.7. The molecule has 0 fully saturated rings. The van der Waals surface area contributed by atoms with Crippen molar-refractivity contribution in [1.29, 1.82) is 0 Å². The first-order valence-corrected chi connectivity index (χ1v) is 6.53. The molecule has 1 aromatic heterocycles. The predicted octanol–water partition coefficient (Wildman–Crippen LogP) is 4.03. The predicted molar refractivity (Wildman–Crippen MR) is 81.4 cm³/mol. The number of hydrogen-bond acceptors (Lipinski definition) is 5. The molecule has 3 aromatic rings. The Labute approximate surface area is 126 Å². The average Bonchev–Trinajstić information content (AvgIpc) is 2.97. The van der Waals surface area contributed by atoms with Crippen molar-refractivity contribution in [2.45, 2.75) is 0 Å². The molecule has 0 aliphatic carbocycles. The highest BCUT2D eigenvalue weighted by atomic mass is 16.6. The first-order chi connectivity index (χ1) is 10.6. The molecule has 3 rings (SSSR count). The lowest BCUT2D eigenvalue weighted by atomic mass is 10.1. The van der Waals surface area contributed by atoms with E-state index in [4.69, 9.17) is 13.9 Å². The van der Waals surface area contributed by atoms with E-state index in [0.29, 0.717) is 16.9 Å². The van der Waals surface area contributed by atoms with Crippen LogP contribution in [0, 0.1) is 10.1 Å². The van der Waals surface area contributed by atoms with E-state index < -0.39 is 4.92 Å². The zero-order chi connectivity index (χ0) is 15.7. The summed E-state index contributed by atoms with van der Waals surface area (Å²) >= 11 is 0. The lowest BCUT2D eigenvalue weighted by Gasteiger charge is -2.00. The van der Waals surface area contributed by atoms with Gasteiger partial charge in [0.05, 0.1) is 25.2 Å². The van der Waals surface area contributed by atoms with Crippen molar-refractivity contribution in [3.8, 4) is 22.8 Å². The van der Waals surface area contributed by atoms with Crippen LogP contribution in [0.25, 0.3) is 22.3 Å². The first-order valence-electron chi connectivity index (χ1n) is 6.53. The zero-order valence-electron chi connectivity index (χ0n) is 12.0. The molecular formula is C16H13NO5. The van der Waals surface area contributed by atoms with Crippen LogP contribution >= 0.6 is 0 Å². The number of nitro groups is 1. The third kappa shape index (κ3) is 2.35. The maximum Gasteiger partial charge on any atom is 0.315 e. The van der Waals surface area contributed by atoms with E-state index in [1.54, 1.807) is 31.4 Å². The summed E-state index contributed by atoms with van der Waals surface area (Å²) in [6.45, 7) is 0. The van der Waals surface area contributed by atoms with Crippen molar-refractivity contribution in [2.75, 3.05) is 14.2 Å². The second kappa shape index (κ2) is 5.40. The maximum atomic E-state index is 11.2. The monoisotopic (exact) mass is 299 g/mol. The molecule has 6 heteroatoms. The van der Waals surface area contributed by atoms with Crippen LogP contribution in [0.2, 0.25) is 0 Å². The number of nitrogens with zero attached hydrogens (tertiary/aromatic N) is 1. The quantitative estimate of drug-likeness (QED) is 0.537. The van der Waals surface area contributed by atoms with Gasteiger partial charge in [-0.15, -0.1) is 0 Å². The number of hydrogen-bond donors (Lipinski definition) is 0. The van der Waals surface area contributed by atoms with Gasteiger partial charge in [0.2, 0.25) is 5.58 Å². The normalized spacial score (nSPS) is 10.6. The first kappa shape index (κ1) is 13.9. The van der Waals surface area contributed by atoms with Crippen LogP contribution < -0.4 is 9.47 Å². The van der Waals surface area contributed by atoms with Gasteiger partial charge in [0, 0.05) is 10.9 Å². The minimum absolute atomic E-state index is 0.117. The Bertz CT molecular complexity index is 836. The molecule has 0 amide bonds. The molecule has 0 saturated carbocycles. The lowest BCUT2D eigenvalue weighted by molar-refractivity contribution is -0.383. The summed E-state index contributed by atoms with van der Waals surface area (Å²) in [5.41, 5.74) is 0.927. The third-order valence-electron chi connectivity index (χ3n) is 3.38.